The molecule has 8 heteroatoms. The summed E-state index contributed by atoms with van der Waals surface area (Å²) in [5.41, 5.74) is 22.7. The Hall–Kier alpha value is -1.22. The van der Waals surface area contributed by atoms with E-state index >= 15 is 0 Å². The molecule has 1 saturated carbocycles. The van der Waals surface area contributed by atoms with Crippen LogP contribution in [-0.2, 0) is 19.1 Å². The fourth-order valence-corrected chi connectivity index (χ4v) is 3.51. The lowest BCUT2D eigenvalue weighted by molar-refractivity contribution is -0.161. The molecule has 0 aromatic carbocycles. The van der Waals surface area contributed by atoms with Gasteiger partial charge in [-0.25, -0.2) is 0 Å². The lowest BCUT2D eigenvalue weighted by Crippen LogP contribution is -2.35. The Morgan fingerprint density at radius 2 is 1.04 bits per heavy atom. The SMILES string of the molecule is NCCCCCC(N)OC(=O)C1CCC(C(=O)OC(N)CCCCCN)CC1. The third kappa shape index (κ3) is 10.4. The Bertz CT molecular complexity index is 402. The second kappa shape index (κ2) is 14.7. The summed E-state index contributed by atoms with van der Waals surface area (Å²) in [4.78, 5) is 24.5. The first kappa shape index (κ1) is 24.8. The quantitative estimate of drug-likeness (QED) is 0.194. The second-order valence-electron chi connectivity index (χ2n) is 7.78. The van der Waals surface area contributed by atoms with E-state index in [1.807, 2.05) is 0 Å². The van der Waals surface area contributed by atoms with Gasteiger partial charge in [-0.05, 0) is 77.3 Å². The topological polar surface area (TPSA) is 157 Å². The number of esters is 2. The predicted molar refractivity (Wildman–Crippen MR) is 109 cm³/mol. The molecule has 0 radical (unpaired) electrons. The van der Waals surface area contributed by atoms with E-state index < -0.39 is 12.5 Å². The highest BCUT2D eigenvalue weighted by molar-refractivity contribution is 5.75. The summed E-state index contributed by atoms with van der Waals surface area (Å²) in [6, 6.07) is 0. The Labute approximate surface area is 169 Å². The molecule has 2 atom stereocenters. The van der Waals surface area contributed by atoms with Crippen molar-refractivity contribution in [1.29, 1.82) is 0 Å². The summed E-state index contributed by atoms with van der Waals surface area (Å²) in [5.74, 6) is -0.891. The van der Waals surface area contributed by atoms with Crippen molar-refractivity contribution in [3.63, 3.8) is 0 Å². The first-order valence-corrected chi connectivity index (χ1v) is 10.8. The molecular weight excluding hydrogens is 360 g/mol. The molecule has 0 saturated heterocycles. The van der Waals surface area contributed by atoms with Gasteiger partial charge in [0.05, 0.1) is 11.8 Å². The zero-order valence-electron chi connectivity index (χ0n) is 17.2. The molecule has 164 valence electrons. The molecule has 28 heavy (non-hydrogen) atoms. The third-order valence-corrected chi connectivity index (χ3v) is 5.31. The van der Waals surface area contributed by atoms with E-state index in [1.54, 1.807) is 0 Å². The Morgan fingerprint density at radius 1 is 0.679 bits per heavy atom. The van der Waals surface area contributed by atoms with E-state index in [1.165, 1.54) is 0 Å². The molecule has 2 unspecified atom stereocenters. The number of hydrogen-bond donors (Lipinski definition) is 4. The summed E-state index contributed by atoms with van der Waals surface area (Å²) < 4.78 is 10.7. The van der Waals surface area contributed by atoms with Crippen LogP contribution in [-0.4, -0.2) is 37.5 Å². The number of nitrogens with two attached hydrogens (primary N) is 4. The van der Waals surface area contributed by atoms with Crippen LogP contribution in [0.4, 0.5) is 0 Å². The van der Waals surface area contributed by atoms with E-state index in [0.29, 0.717) is 51.6 Å². The number of hydrogen-bond acceptors (Lipinski definition) is 8. The Morgan fingerprint density at radius 3 is 1.36 bits per heavy atom. The van der Waals surface area contributed by atoms with Crippen molar-refractivity contribution in [3.8, 4) is 0 Å². The maximum atomic E-state index is 12.3. The van der Waals surface area contributed by atoms with E-state index in [0.717, 1.165) is 38.5 Å². The zero-order valence-corrected chi connectivity index (χ0v) is 17.2. The molecule has 8 nitrogen and oxygen atoms in total. The summed E-state index contributed by atoms with van der Waals surface area (Å²) in [7, 11) is 0. The van der Waals surface area contributed by atoms with Gasteiger partial charge in [-0.3, -0.25) is 21.1 Å². The number of ether oxygens (including phenoxy) is 2. The minimum absolute atomic E-state index is 0.191. The molecule has 0 spiro atoms. The van der Waals surface area contributed by atoms with Crippen LogP contribution >= 0.6 is 0 Å². The van der Waals surface area contributed by atoms with Crippen molar-refractivity contribution in [3.05, 3.63) is 0 Å². The van der Waals surface area contributed by atoms with Crippen LogP contribution in [0, 0.1) is 11.8 Å². The van der Waals surface area contributed by atoms with Crippen LogP contribution < -0.4 is 22.9 Å². The van der Waals surface area contributed by atoms with Crippen molar-refractivity contribution in [2.24, 2.45) is 34.8 Å². The lowest BCUT2D eigenvalue weighted by atomic mass is 9.82. The van der Waals surface area contributed by atoms with Crippen molar-refractivity contribution in [2.75, 3.05) is 13.1 Å². The van der Waals surface area contributed by atoms with Crippen LogP contribution in [0.3, 0.4) is 0 Å². The predicted octanol–water partition coefficient (Wildman–Crippen LogP) is 1.49. The maximum absolute atomic E-state index is 12.3. The summed E-state index contributed by atoms with van der Waals surface area (Å²) in [5, 5.41) is 0. The molecule has 0 aromatic heterocycles. The molecule has 1 aliphatic carbocycles. The summed E-state index contributed by atoms with van der Waals surface area (Å²) >= 11 is 0. The third-order valence-electron chi connectivity index (χ3n) is 5.31. The van der Waals surface area contributed by atoms with Gasteiger partial charge in [0, 0.05) is 0 Å². The van der Waals surface area contributed by atoms with Gasteiger partial charge in [0.15, 0.2) is 12.5 Å². The summed E-state index contributed by atoms with van der Waals surface area (Å²) in [6.45, 7) is 1.33. The molecule has 1 aliphatic rings. The molecule has 0 aromatic rings. The standard InChI is InChI=1S/C20H40N4O4/c21-13-5-1-3-7-17(23)27-19(25)15-9-11-16(12-10-15)20(26)28-18(24)8-4-2-6-14-22/h15-18H,1-14,21-24H2. The van der Waals surface area contributed by atoms with Crippen LogP contribution in [0.15, 0.2) is 0 Å². The van der Waals surface area contributed by atoms with Crippen molar-refractivity contribution in [2.45, 2.75) is 89.5 Å². The first-order valence-electron chi connectivity index (χ1n) is 10.8. The minimum Gasteiger partial charge on any atom is -0.447 e. The first-order chi connectivity index (χ1) is 13.5. The smallest absolute Gasteiger partial charge is 0.310 e. The van der Waals surface area contributed by atoms with Crippen LogP contribution in [0.25, 0.3) is 0 Å². The van der Waals surface area contributed by atoms with Gasteiger partial charge in [0.25, 0.3) is 0 Å². The molecule has 0 amide bonds. The van der Waals surface area contributed by atoms with Crippen LogP contribution in [0.2, 0.25) is 0 Å². The van der Waals surface area contributed by atoms with Gasteiger partial charge in [-0.2, -0.15) is 0 Å². The minimum atomic E-state index is -0.565. The average molecular weight is 401 g/mol. The molecule has 0 bridgehead atoms. The van der Waals surface area contributed by atoms with Gasteiger partial charge in [0.2, 0.25) is 0 Å². The van der Waals surface area contributed by atoms with E-state index in [9.17, 15) is 9.59 Å². The van der Waals surface area contributed by atoms with Crippen LogP contribution in [0.1, 0.15) is 77.0 Å². The van der Waals surface area contributed by atoms with Gasteiger partial charge in [0.1, 0.15) is 0 Å². The molecule has 0 aliphatic heterocycles. The van der Waals surface area contributed by atoms with Gasteiger partial charge >= 0.3 is 11.9 Å². The normalized spacial score (nSPS) is 21.7. The number of carbonyl (C=O) groups excluding carboxylic acids is 2. The van der Waals surface area contributed by atoms with Gasteiger partial charge in [-0.15, -0.1) is 0 Å². The number of carbonyl (C=O) groups is 2. The van der Waals surface area contributed by atoms with E-state index in [4.69, 9.17) is 32.4 Å². The van der Waals surface area contributed by atoms with Gasteiger partial charge < -0.3 is 20.9 Å². The highest BCUT2D eigenvalue weighted by atomic mass is 16.6. The zero-order chi connectivity index (χ0) is 20.8. The number of unbranched alkanes of at least 4 members (excludes halogenated alkanes) is 4. The Kier molecular flexibility index (Phi) is 13.1. The molecule has 0 heterocycles. The summed E-state index contributed by atoms with van der Waals surface area (Å²) in [6.07, 6.45) is 8.32. The largest absolute Gasteiger partial charge is 0.447 e. The van der Waals surface area contributed by atoms with Crippen molar-refractivity contribution < 1.29 is 19.1 Å². The Balaban J connectivity index is 2.22. The molecular formula is C20H40N4O4. The fraction of sp³-hybridized carbons (Fsp3) is 0.900. The second-order valence-corrected chi connectivity index (χ2v) is 7.78. The lowest BCUT2D eigenvalue weighted by Gasteiger charge is -2.27. The number of rotatable bonds is 14. The maximum Gasteiger partial charge on any atom is 0.310 e. The molecule has 8 N–H and O–H groups in total. The van der Waals surface area contributed by atoms with Gasteiger partial charge in [-0.1, -0.05) is 12.8 Å². The fourth-order valence-electron chi connectivity index (χ4n) is 3.51. The monoisotopic (exact) mass is 400 g/mol. The van der Waals surface area contributed by atoms with Crippen molar-refractivity contribution in [1.82, 2.24) is 0 Å². The average Bonchev–Trinajstić information content (AvgIpc) is 2.68. The highest BCUT2D eigenvalue weighted by Crippen LogP contribution is 2.31. The highest BCUT2D eigenvalue weighted by Gasteiger charge is 2.32. The molecule has 1 fully saturated rings. The van der Waals surface area contributed by atoms with E-state index in [-0.39, 0.29) is 23.8 Å². The van der Waals surface area contributed by atoms with Crippen molar-refractivity contribution >= 4 is 11.9 Å². The van der Waals surface area contributed by atoms with Crippen LogP contribution in [0.5, 0.6) is 0 Å². The van der Waals surface area contributed by atoms with E-state index in [2.05, 4.69) is 0 Å². The molecule has 1 rings (SSSR count).